The Hall–Kier alpha value is -1.55. The molecule has 0 atom stereocenters. The van der Waals surface area contributed by atoms with E-state index in [0.717, 1.165) is 6.42 Å². The van der Waals surface area contributed by atoms with Gasteiger partial charge in [-0.3, -0.25) is 0 Å². The van der Waals surface area contributed by atoms with Crippen molar-refractivity contribution in [1.29, 1.82) is 0 Å². The van der Waals surface area contributed by atoms with Gasteiger partial charge in [0.1, 0.15) is 5.75 Å². The second kappa shape index (κ2) is 8.03. The summed E-state index contributed by atoms with van der Waals surface area (Å²) in [6.07, 6.45) is 1.07. The molecule has 116 valence electrons. The van der Waals surface area contributed by atoms with Crippen molar-refractivity contribution in [3.8, 4) is 17.6 Å². The molecule has 0 aliphatic heterocycles. The molecule has 0 spiro atoms. The Labute approximate surface area is 126 Å². The van der Waals surface area contributed by atoms with Crippen LogP contribution in [0.15, 0.2) is 23.1 Å². The number of benzene rings is 1. The lowest BCUT2D eigenvalue weighted by Gasteiger charge is -2.16. The first-order valence-corrected chi connectivity index (χ1v) is 8.15. The predicted octanol–water partition coefficient (Wildman–Crippen LogP) is 1.46. The molecule has 0 aliphatic rings. The molecule has 6 heteroatoms. The Bertz CT molecular complexity index is 629. The third kappa shape index (κ3) is 4.46. The van der Waals surface area contributed by atoms with Crippen LogP contribution in [0.5, 0.6) is 5.75 Å². The second-order valence-electron chi connectivity index (χ2n) is 4.46. The number of hydrogen-bond donors (Lipinski definition) is 1. The van der Waals surface area contributed by atoms with Gasteiger partial charge in [-0.1, -0.05) is 18.8 Å². The van der Waals surface area contributed by atoms with Crippen LogP contribution < -0.4 is 4.74 Å². The lowest BCUT2D eigenvalue weighted by Crippen LogP contribution is -2.27. The lowest BCUT2D eigenvalue weighted by atomic mass is 10.2. The topological polar surface area (TPSA) is 66.8 Å². The number of nitrogens with zero attached hydrogens (tertiary/aromatic N) is 1. The highest BCUT2D eigenvalue weighted by Crippen LogP contribution is 2.23. The molecule has 0 aliphatic carbocycles. The first-order chi connectivity index (χ1) is 9.97. The van der Waals surface area contributed by atoms with Gasteiger partial charge in [0.05, 0.1) is 24.2 Å². The lowest BCUT2D eigenvalue weighted by molar-refractivity contribution is 0.305. The van der Waals surface area contributed by atoms with Crippen molar-refractivity contribution in [2.45, 2.75) is 24.7 Å². The van der Waals surface area contributed by atoms with E-state index < -0.39 is 10.0 Å². The summed E-state index contributed by atoms with van der Waals surface area (Å²) in [7, 11) is -0.459. The normalized spacial score (nSPS) is 11.1. The molecule has 0 radical (unpaired) electrons. The van der Waals surface area contributed by atoms with Crippen LogP contribution in [0.4, 0.5) is 0 Å². The molecule has 1 aromatic carbocycles. The smallest absolute Gasteiger partial charge is 0.242 e. The number of ether oxygens (including phenoxy) is 1. The van der Waals surface area contributed by atoms with Crippen molar-refractivity contribution in [3.05, 3.63) is 23.8 Å². The van der Waals surface area contributed by atoms with Gasteiger partial charge in [0.15, 0.2) is 0 Å². The average molecular weight is 311 g/mol. The molecule has 1 rings (SSSR count). The number of hydrogen-bond acceptors (Lipinski definition) is 4. The maximum absolute atomic E-state index is 12.4. The van der Waals surface area contributed by atoms with E-state index in [1.807, 2.05) is 6.92 Å². The zero-order chi connectivity index (χ0) is 15.9. The van der Waals surface area contributed by atoms with Crippen LogP contribution in [0.2, 0.25) is 0 Å². The first kappa shape index (κ1) is 17.5. The predicted molar refractivity (Wildman–Crippen MR) is 81.7 cm³/mol. The fourth-order valence-electron chi connectivity index (χ4n) is 1.77. The Balaban J connectivity index is 3.22. The van der Waals surface area contributed by atoms with Crippen LogP contribution in [0.3, 0.4) is 0 Å². The number of rotatable bonds is 6. The van der Waals surface area contributed by atoms with Crippen LogP contribution in [-0.4, -0.2) is 45.1 Å². The van der Waals surface area contributed by atoms with E-state index >= 15 is 0 Å². The van der Waals surface area contributed by atoms with Gasteiger partial charge >= 0.3 is 0 Å². The third-order valence-electron chi connectivity index (χ3n) is 2.88. The number of aliphatic hydroxyl groups excluding tert-OH is 1. The van der Waals surface area contributed by atoms with Crippen molar-refractivity contribution < 1.29 is 18.3 Å². The van der Waals surface area contributed by atoms with Crippen LogP contribution in [0.1, 0.15) is 25.3 Å². The summed E-state index contributed by atoms with van der Waals surface area (Å²) >= 11 is 0. The molecule has 0 amide bonds. The van der Waals surface area contributed by atoms with Crippen LogP contribution in [0.25, 0.3) is 0 Å². The van der Waals surface area contributed by atoms with E-state index in [1.165, 1.54) is 23.5 Å². The van der Waals surface area contributed by atoms with Crippen molar-refractivity contribution in [3.63, 3.8) is 0 Å². The minimum atomic E-state index is -3.52. The van der Waals surface area contributed by atoms with Gasteiger partial charge in [0, 0.05) is 20.0 Å². The van der Waals surface area contributed by atoms with Crippen molar-refractivity contribution in [2.24, 2.45) is 0 Å². The summed E-state index contributed by atoms with van der Waals surface area (Å²) in [5.41, 5.74) is 0.497. The number of aliphatic hydroxyl groups is 1. The highest BCUT2D eigenvalue weighted by atomic mass is 32.2. The largest absolute Gasteiger partial charge is 0.495 e. The second-order valence-corrected chi connectivity index (χ2v) is 6.51. The Morgan fingerprint density at radius 1 is 1.38 bits per heavy atom. The summed E-state index contributed by atoms with van der Waals surface area (Å²) in [5.74, 6) is 6.11. The monoisotopic (exact) mass is 311 g/mol. The highest BCUT2D eigenvalue weighted by Gasteiger charge is 2.21. The summed E-state index contributed by atoms with van der Waals surface area (Å²) in [5, 5.41) is 8.75. The average Bonchev–Trinajstić information content (AvgIpc) is 2.47. The zero-order valence-electron chi connectivity index (χ0n) is 12.6. The molecule has 0 saturated carbocycles. The van der Waals surface area contributed by atoms with Gasteiger partial charge in [-0.05, 0) is 24.6 Å². The van der Waals surface area contributed by atoms with E-state index in [0.29, 0.717) is 24.3 Å². The standard InChI is InChI=1S/C15H21NO4S/c1-4-10-16(2)21(18,19)14-8-9-15(20-3)13(12-14)7-5-6-11-17/h8-9,12,17H,4,6,10-11H2,1-3H3. The van der Waals surface area contributed by atoms with E-state index in [-0.39, 0.29) is 11.5 Å². The molecule has 0 aromatic heterocycles. The van der Waals surface area contributed by atoms with Gasteiger partial charge in [-0.15, -0.1) is 0 Å². The van der Waals surface area contributed by atoms with Crippen molar-refractivity contribution in [1.82, 2.24) is 4.31 Å². The molecule has 0 fully saturated rings. The van der Waals surface area contributed by atoms with Gasteiger partial charge in [-0.25, -0.2) is 12.7 Å². The maximum Gasteiger partial charge on any atom is 0.242 e. The molecular formula is C15H21NO4S. The minimum absolute atomic E-state index is 0.0352. The molecule has 21 heavy (non-hydrogen) atoms. The summed E-state index contributed by atoms with van der Waals surface area (Å²) < 4.78 is 31.3. The minimum Gasteiger partial charge on any atom is -0.495 e. The molecule has 0 saturated heterocycles. The van der Waals surface area contributed by atoms with Gasteiger partial charge in [-0.2, -0.15) is 0 Å². The molecule has 0 heterocycles. The molecule has 0 unspecified atom stereocenters. The number of methoxy groups -OCH3 is 1. The zero-order valence-corrected chi connectivity index (χ0v) is 13.4. The first-order valence-electron chi connectivity index (χ1n) is 6.71. The maximum atomic E-state index is 12.4. The Morgan fingerprint density at radius 2 is 2.10 bits per heavy atom. The van der Waals surface area contributed by atoms with Gasteiger partial charge in [0.2, 0.25) is 10.0 Å². The van der Waals surface area contributed by atoms with Crippen LogP contribution in [-0.2, 0) is 10.0 Å². The summed E-state index contributed by atoms with van der Waals surface area (Å²) in [6, 6.07) is 4.61. The summed E-state index contributed by atoms with van der Waals surface area (Å²) in [4.78, 5) is 0.188. The van der Waals surface area contributed by atoms with Crippen LogP contribution in [0, 0.1) is 11.8 Å². The molecule has 1 aromatic rings. The SMILES string of the molecule is CCCN(C)S(=O)(=O)c1ccc(OC)c(C#CCCO)c1. The van der Waals surface area contributed by atoms with E-state index in [9.17, 15) is 8.42 Å². The highest BCUT2D eigenvalue weighted by molar-refractivity contribution is 7.89. The molecule has 1 N–H and O–H groups in total. The van der Waals surface area contributed by atoms with E-state index in [1.54, 1.807) is 13.1 Å². The Morgan fingerprint density at radius 3 is 2.67 bits per heavy atom. The third-order valence-corrected chi connectivity index (χ3v) is 4.73. The molecular weight excluding hydrogens is 290 g/mol. The Kier molecular flexibility index (Phi) is 6.69. The van der Waals surface area contributed by atoms with Gasteiger partial charge in [0.25, 0.3) is 0 Å². The van der Waals surface area contributed by atoms with Gasteiger partial charge < -0.3 is 9.84 Å². The van der Waals surface area contributed by atoms with Crippen molar-refractivity contribution >= 4 is 10.0 Å². The van der Waals surface area contributed by atoms with Crippen molar-refractivity contribution in [2.75, 3.05) is 27.3 Å². The fraction of sp³-hybridized carbons (Fsp3) is 0.467. The quantitative estimate of drug-likeness (QED) is 0.808. The van der Waals surface area contributed by atoms with Crippen LogP contribution >= 0.6 is 0 Å². The molecule has 5 nitrogen and oxygen atoms in total. The van der Waals surface area contributed by atoms with E-state index in [2.05, 4.69) is 11.8 Å². The van der Waals surface area contributed by atoms with E-state index in [4.69, 9.17) is 9.84 Å². The summed E-state index contributed by atoms with van der Waals surface area (Å²) in [6.45, 7) is 2.35. The fourth-order valence-corrected chi connectivity index (χ4v) is 3.06. The number of sulfonamides is 1. The molecule has 0 bridgehead atoms.